The predicted octanol–water partition coefficient (Wildman–Crippen LogP) is 7.42. The van der Waals surface area contributed by atoms with Gasteiger partial charge in [0.25, 0.3) is 0 Å². The van der Waals surface area contributed by atoms with Crippen LogP contribution >= 0.6 is 0 Å². The molecule has 0 aromatic heterocycles. The van der Waals surface area contributed by atoms with E-state index in [1.807, 2.05) is 64.1 Å². The summed E-state index contributed by atoms with van der Waals surface area (Å²) in [6, 6.07) is 24.8. The molecule has 8 heteroatoms. The van der Waals surface area contributed by atoms with E-state index >= 15 is 0 Å². The first-order valence-electron chi connectivity index (χ1n) is 12.3. The van der Waals surface area contributed by atoms with Crippen molar-refractivity contribution >= 4 is 23.0 Å². The lowest BCUT2D eigenvalue weighted by atomic mass is 10.1. The number of benzene rings is 4. The minimum Gasteiger partial charge on any atom is -0.449 e. The van der Waals surface area contributed by atoms with Crippen LogP contribution in [0.5, 0.6) is 34.5 Å². The second-order valence-electron chi connectivity index (χ2n) is 9.07. The molecule has 0 aliphatic rings. The zero-order chi connectivity index (χ0) is 27.1. The molecule has 0 aliphatic carbocycles. The zero-order valence-electron chi connectivity index (χ0n) is 21.7. The standard InChI is InChI=1S/C30H30N2O6/c1-19(2)31-29(33)37-25-23-17-11-12-18-24(23)26(38-30(34)32-20(3)4)28(36-22-15-9-6-10-16-22)27(25)35-21-13-7-5-8-14-21/h5-20H,1-4H3,(H,31,33)(H,32,34). The molecule has 4 rings (SSSR count). The first-order valence-corrected chi connectivity index (χ1v) is 12.3. The van der Waals surface area contributed by atoms with E-state index in [-0.39, 0.29) is 35.1 Å². The van der Waals surface area contributed by atoms with Gasteiger partial charge in [-0.3, -0.25) is 0 Å². The first kappa shape index (κ1) is 26.3. The number of carbonyl (C=O) groups excluding carboxylic acids is 2. The largest absolute Gasteiger partial charge is 0.449 e. The van der Waals surface area contributed by atoms with Crippen LogP contribution in [0.4, 0.5) is 9.59 Å². The van der Waals surface area contributed by atoms with Gasteiger partial charge in [0.2, 0.25) is 11.5 Å². The third-order valence-corrected chi connectivity index (χ3v) is 5.16. The topological polar surface area (TPSA) is 95.1 Å². The van der Waals surface area contributed by atoms with Gasteiger partial charge in [0.05, 0.1) is 0 Å². The maximum Gasteiger partial charge on any atom is 0.412 e. The van der Waals surface area contributed by atoms with E-state index in [2.05, 4.69) is 10.6 Å². The van der Waals surface area contributed by atoms with Gasteiger partial charge in [-0.1, -0.05) is 60.7 Å². The third-order valence-electron chi connectivity index (χ3n) is 5.16. The second-order valence-corrected chi connectivity index (χ2v) is 9.07. The highest BCUT2D eigenvalue weighted by atomic mass is 16.6. The summed E-state index contributed by atoms with van der Waals surface area (Å²) in [5, 5.41) is 6.45. The Morgan fingerprint density at radius 1 is 0.526 bits per heavy atom. The van der Waals surface area contributed by atoms with Crippen molar-refractivity contribution in [2.24, 2.45) is 0 Å². The normalized spacial score (nSPS) is 10.8. The number of hydrogen-bond acceptors (Lipinski definition) is 6. The van der Waals surface area contributed by atoms with Gasteiger partial charge in [-0.15, -0.1) is 0 Å². The van der Waals surface area contributed by atoms with E-state index in [0.29, 0.717) is 22.3 Å². The summed E-state index contributed by atoms with van der Waals surface area (Å²) >= 11 is 0. The number of amides is 2. The molecule has 0 heterocycles. The Morgan fingerprint density at radius 3 is 1.21 bits per heavy atom. The number of ether oxygens (including phenoxy) is 4. The number of carbonyl (C=O) groups is 2. The van der Waals surface area contributed by atoms with Gasteiger partial charge in [0.1, 0.15) is 11.5 Å². The fourth-order valence-electron chi connectivity index (χ4n) is 3.65. The molecule has 0 unspecified atom stereocenters. The number of para-hydroxylation sites is 2. The molecule has 0 aliphatic heterocycles. The van der Waals surface area contributed by atoms with Crippen LogP contribution in [0, 0.1) is 0 Å². The van der Waals surface area contributed by atoms with Crippen molar-refractivity contribution < 1.29 is 28.5 Å². The van der Waals surface area contributed by atoms with Crippen molar-refractivity contribution in [1.82, 2.24) is 10.6 Å². The summed E-state index contributed by atoms with van der Waals surface area (Å²) < 4.78 is 24.2. The summed E-state index contributed by atoms with van der Waals surface area (Å²) in [5.41, 5.74) is 0. The van der Waals surface area contributed by atoms with Crippen LogP contribution in [0.15, 0.2) is 84.9 Å². The molecule has 4 aromatic carbocycles. The predicted molar refractivity (Wildman–Crippen MR) is 146 cm³/mol. The number of hydrogen-bond donors (Lipinski definition) is 2. The van der Waals surface area contributed by atoms with Crippen molar-refractivity contribution in [1.29, 1.82) is 0 Å². The smallest absolute Gasteiger partial charge is 0.412 e. The zero-order valence-corrected chi connectivity index (χ0v) is 21.7. The van der Waals surface area contributed by atoms with Crippen molar-refractivity contribution in [3.63, 3.8) is 0 Å². The van der Waals surface area contributed by atoms with E-state index in [4.69, 9.17) is 18.9 Å². The fourth-order valence-corrected chi connectivity index (χ4v) is 3.65. The Labute approximate surface area is 221 Å². The lowest BCUT2D eigenvalue weighted by Gasteiger charge is -2.22. The van der Waals surface area contributed by atoms with Gasteiger partial charge in [-0.25, -0.2) is 9.59 Å². The highest BCUT2D eigenvalue weighted by Gasteiger charge is 2.29. The molecule has 8 nitrogen and oxygen atoms in total. The van der Waals surface area contributed by atoms with Crippen LogP contribution in [0.25, 0.3) is 10.8 Å². The van der Waals surface area contributed by atoms with E-state index < -0.39 is 12.2 Å². The number of nitrogens with one attached hydrogen (secondary N) is 2. The van der Waals surface area contributed by atoms with Crippen molar-refractivity contribution in [3.8, 4) is 34.5 Å². The van der Waals surface area contributed by atoms with Crippen molar-refractivity contribution in [2.75, 3.05) is 0 Å². The van der Waals surface area contributed by atoms with Crippen LogP contribution in [0.1, 0.15) is 27.7 Å². The van der Waals surface area contributed by atoms with Crippen LogP contribution < -0.4 is 29.6 Å². The Bertz CT molecular complexity index is 1300. The van der Waals surface area contributed by atoms with Gasteiger partial charge in [-0.05, 0) is 52.0 Å². The molecular formula is C30H30N2O6. The number of fused-ring (bicyclic) bond motifs is 1. The molecule has 0 fully saturated rings. The maximum absolute atomic E-state index is 12.8. The maximum atomic E-state index is 12.8. The molecule has 0 radical (unpaired) electrons. The Hall–Kier alpha value is -4.72. The molecule has 0 spiro atoms. The lowest BCUT2D eigenvalue weighted by molar-refractivity contribution is 0.193. The molecule has 2 N–H and O–H groups in total. The van der Waals surface area contributed by atoms with Gasteiger partial charge in [-0.2, -0.15) is 0 Å². The SMILES string of the molecule is CC(C)NC(=O)Oc1c(Oc2ccccc2)c(Oc2ccccc2)c(OC(=O)NC(C)C)c2ccccc12. The van der Waals surface area contributed by atoms with Gasteiger partial charge < -0.3 is 29.6 Å². The summed E-state index contributed by atoms with van der Waals surface area (Å²) in [6.45, 7) is 7.31. The van der Waals surface area contributed by atoms with Crippen LogP contribution in [0.3, 0.4) is 0 Å². The van der Waals surface area contributed by atoms with E-state index in [9.17, 15) is 9.59 Å². The molecule has 0 atom stereocenters. The van der Waals surface area contributed by atoms with Crippen LogP contribution in [0.2, 0.25) is 0 Å². The summed E-state index contributed by atoms with van der Waals surface area (Å²) in [6.07, 6.45) is -1.33. The molecule has 196 valence electrons. The highest BCUT2D eigenvalue weighted by molar-refractivity contribution is 6.01. The highest BCUT2D eigenvalue weighted by Crippen LogP contribution is 2.54. The first-order chi connectivity index (χ1) is 18.3. The molecule has 0 saturated carbocycles. The fraction of sp³-hybridized carbons (Fsp3) is 0.200. The lowest BCUT2D eigenvalue weighted by Crippen LogP contribution is -2.33. The monoisotopic (exact) mass is 514 g/mol. The summed E-state index contributed by atoms with van der Waals surface area (Å²) in [5.74, 6) is 1.31. The van der Waals surface area contributed by atoms with Gasteiger partial charge in [0.15, 0.2) is 11.5 Å². The molecule has 0 bridgehead atoms. The Kier molecular flexibility index (Phi) is 8.33. The van der Waals surface area contributed by atoms with Crippen molar-refractivity contribution in [2.45, 2.75) is 39.8 Å². The molecule has 38 heavy (non-hydrogen) atoms. The minimum absolute atomic E-state index is 0.0741. The van der Waals surface area contributed by atoms with Gasteiger partial charge in [0, 0.05) is 22.9 Å². The minimum atomic E-state index is -0.667. The number of rotatable bonds is 8. The Balaban J connectivity index is 1.99. The summed E-state index contributed by atoms with van der Waals surface area (Å²) in [4.78, 5) is 25.6. The van der Waals surface area contributed by atoms with E-state index in [1.165, 1.54) is 0 Å². The summed E-state index contributed by atoms with van der Waals surface area (Å²) in [7, 11) is 0. The molecule has 2 amide bonds. The Morgan fingerprint density at radius 2 is 0.868 bits per heavy atom. The van der Waals surface area contributed by atoms with Gasteiger partial charge >= 0.3 is 12.2 Å². The van der Waals surface area contributed by atoms with Crippen LogP contribution in [-0.2, 0) is 0 Å². The average molecular weight is 515 g/mol. The van der Waals surface area contributed by atoms with E-state index in [0.717, 1.165) is 0 Å². The second kappa shape index (κ2) is 12.0. The van der Waals surface area contributed by atoms with Crippen LogP contribution in [-0.4, -0.2) is 24.3 Å². The molecular weight excluding hydrogens is 484 g/mol. The third kappa shape index (κ3) is 6.53. The molecule has 0 saturated heterocycles. The quantitative estimate of drug-likeness (QED) is 0.254. The van der Waals surface area contributed by atoms with Crippen molar-refractivity contribution in [3.05, 3.63) is 84.9 Å². The molecule has 4 aromatic rings. The average Bonchev–Trinajstić information content (AvgIpc) is 2.88. The van der Waals surface area contributed by atoms with E-state index in [1.54, 1.807) is 48.5 Å².